The fourth-order valence-corrected chi connectivity index (χ4v) is 3.59. The van der Waals surface area contributed by atoms with Crippen LogP contribution < -0.4 is 0 Å². The highest BCUT2D eigenvalue weighted by Gasteiger charge is 2.36. The van der Waals surface area contributed by atoms with Crippen LogP contribution in [0.15, 0.2) is 23.1 Å². The molecular weight excluding hydrogens is 340 g/mol. The zero-order chi connectivity index (χ0) is 17.5. The second-order valence-corrected chi connectivity index (χ2v) is 7.41. The van der Waals surface area contributed by atoms with Crippen LogP contribution >= 0.6 is 0 Å². The maximum atomic E-state index is 10.6. The van der Waals surface area contributed by atoms with E-state index < -0.39 is 32.3 Å². The number of carboxylic acid groups (broad SMARTS) is 1. The molecule has 0 unspecified atom stereocenters. The Kier molecular flexibility index (Phi) is 4.46. The second kappa shape index (κ2) is 6.27. The van der Waals surface area contributed by atoms with E-state index in [-0.39, 0.29) is 0 Å². The number of benzene rings is 1. The lowest BCUT2D eigenvalue weighted by Crippen LogP contribution is -2.71. The molecule has 10 nitrogen and oxygen atoms in total. The van der Waals surface area contributed by atoms with E-state index >= 15 is 0 Å². The summed E-state index contributed by atoms with van der Waals surface area (Å²) in [5.74, 6) is -2.10. The molecule has 0 aromatic heterocycles. The van der Waals surface area contributed by atoms with Crippen molar-refractivity contribution in [2.24, 2.45) is 0 Å². The Hall–Kier alpha value is -1.76. The van der Waals surface area contributed by atoms with Crippen LogP contribution in [0.2, 0.25) is 0 Å². The maximum absolute atomic E-state index is 10.6. The summed E-state index contributed by atoms with van der Waals surface area (Å²) < 4.78 is 29.7. The summed E-state index contributed by atoms with van der Waals surface area (Å²) in [5, 5.41) is 17.6. The van der Waals surface area contributed by atoms with Crippen molar-refractivity contribution >= 4 is 16.1 Å². The summed E-state index contributed by atoms with van der Waals surface area (Å²) in [6, 6.07) is 2.44. The molecule has 0 saturated carbocycles. The van der Waals surface area contributed by atoms with Crippen molar-refractivity contribution in [1.82, 2.24) is 19.6 Å². The molecule has 0 spiro atoms. The highest BCUT2D eigenvalue weighted by atomic mass is 32.2. The van der Waals surface area contributed by atoms with Gasteiger partial charge in [-0.15, -0.1) is 0 Å². The number of rotatable bonds is 2. The number of carbonyl (C=O) groups is 1. The number of aromatic carboxylic acids is 1. The minimum absolute atomic E-state index is 0.433. The highest BCUT2D eigenvalue weighted by molar-refractivity contribution is 7.85. The number of aromatic hydroxyl groups is 1. The van der Waals surface area contributed by atoms with Gasteiger partial charge in [0.1, 0.15) is 11.3 Å². The molecule has 24 heavy (non-hydrogen) atoms. The van der Waals surface area contributed by atoms with E-state index in [1.54, 1.807) is 0 Å². The summed E-state index contributed by atoms with van der Waals surface area (Å²) >= 11 is 0. The SMILES string of the molecule is C1N2CN3CN1CN(C2)C3.O=C(O)c1ccc(S(=O)(=O)O)cc1O. The first-order valence-electron chi connectivity index (χ1n) is 7.15. The van der Waals surface area contributed by atoms with Crippen molar-refractivity contribution in [1.29, 1.82) is 0 Å². The topological polar surface area (TPSA) is 125 Å². The molecule has 1 aromatic rings. The molecule has 4 aliphatic heterocycles. The molecular formula is C13H18N4O6S. The van der Waals surface area contributed by atoms with E-state index in [4.69, 9.17) is 14.8 Å². The fourth-order valence-electron chi connectivity index (χ4n) is 3.09. The summed E-state index contributed by atoms with van der Waals surface area (Å²) in [7, 11) is -4.42. The zero-order valence-corrected chi connectivity index (χ0v) is 13.6. The first kappa shape index (κ1) is 17.1. The van der Waals surface area contributed by atoms with Crippen LogP contribution in [0.4, 0.5) is 0 Å². The fraction of sp³-hybridized carbons (Fsp3) is 0.462. The molecule has 3 N–H and O–H groups in total. The van der Waals surface area contributed by atoms with Gasteiger partial charge >= 0.3 is 5.97 Å². The van der Waals surface area contributed by atoms with Gasteiger partial charge in [-0.05, 0) is 12.1 Å². The molecule has 0 atom stereocenters. The van der Waals surface area contributed by atoms with Crippen LogP contribution in [0, 0.1) is 0 Å². The van der Waals surface area contributed by atoms with Crippen molar-refractivity contribution in [2.75, 3.05) is 40.0 Å². The van der Waals surface area contributed by atoms with E-state index in [0.717, 1.165) is 12.1 Å². The molecule has 4 aliphatic rings. The Bertz CT molecular complexity index is 696. The molecule has 0 amide bonds. The third-order valence-corrected chi connectivity index (χ3v) is 4.75. The Morgan fingerprint density at radius 2 is 1.33 bits per heavy atom. The molecule has 5 rings (SSSR count). The predicted octanol–water partition coefficient (Wildman–Crippen LogP) is -0.683. The quantitative estimate of drug-likeness (QED) is 0.585. The summed E-state index contributed by atoms with van der Waals surface area (Å²) in [6.07, 6.45) is 0. The van der Waals surface area contributed by atoms with Gasteiger partial charge in [-0.3, -0.25) is 24.2 Å². The number of hydrogen-bond acceptors (Lipinski definition) is 8. The predicted molar refractivity (Wildman–Crippen MR) is 81.4 cm³/mol. The van der Waals surface area contributed by atoms with Gasteiger partial charge < -0.3 is 10.2 Å². The van der Waals surface area contributed by atoms with Crippen molar-refractivity contribution in [3.05, 3.63) is 23.8 Å². The number of hydrogen-bond donors (Lipinski definition) is 3. The lowest BCUT2D eigenvalue weighted by atomic mass is 10.2. The third-order valence-electron chi connectivity index (χ3n) is 3.90. The van der Waals surface area contributed by atoms with Crippen LogP contribution in [0.3, 0.4) is 0 Å². The summed E-state index contributed by atoms with van der Waals surface area (Å²) in [4.78, 5) is 19.7. The lowest BCUT2D eigenvalue weighted by Gasteiger charge is -2.56. The lowest BCUT2D eigenvalue weighted by molar-refractivity contribution is -0.194. The molecule has 4 bridgehead atoms. The Labute approximate surface area is 138 Å². The monoisotopic (exact) mass is 358 g/mol. The standard InChI is InChI=1S/C7H6O6S.C6H12N4/c8-6-3-4(14(11,12)13)1-2-5(6)7(9)10;1-7-2-9-4-8(1)5-10(3-7)6-9/h1-3,8H,(H,9,10)(H,11,12,13);1-6H2. The van der Waals surface area contributed by atoms with E-state index in [2.05, 4.69) is 19.6 Å². The van der Waals surface area contributed by atoms with Crippen molar-refractivity contribution in [3.63, 3.8) is 0 Å². The molecule has 4 saturated heterocycles. The normalized spacial score (nSPS) is 30.5. The minimum atomic E-state index is -4.42. The second-order valence-electron chi connectivity index (χ2n) is 5.99. The molecule has 1 aromatic carbocycles. The average molecular weight is 358 g/mol. The van der Waals surface area contributed by atoms with Crippen LogP contribution in [-0.4, -0.2) is 88.8 Å². The average Bonchev–Trinajstić information content (AvgIpc) is 2.45. The van der Waals surface area contributed by atoms with Gasteiger partial charge in [0, 0.05) is 6.07 Å². The van der Waals surface area contributed by atoms with E-state index in [0.29, 0.717) is 6.07 Å². The summed E-state index contributed by atoms with van der Waals surface area (Å²) in [5.41, 5.74) is -0.433. The third kappa shape index (κ3) is 3.66. The maximum Gasteiger partial charge on any atom is 0.339 e. The minimum Gasteiger partial charge on any atom is -0.507 e. The molecule has 4 fully saturated rings. The Morgan fingerprint density at radius 3 is 1.62 bits per heavy atom. The first-order valence-corrected chi connectivity index (χ1v) is 8.59. The van der Waals surface area contributed by atoms with Gasteiger partial charge in [-0.2, -0.15) is 8.42 Å². The molecule has 0 aliphatic carbocycles. The van der Waals surface area contributed by atoms with Gasteiger partial charge in [-0.1, -0.05) is 0 Å². The molecule has 4 heterocycles. The Balaban J connectivity index is 0.000000147. The smallest absolute Gasteiger partial charge is 0.339 e. The van der Waals surface area contributed by atoms with Gasteiger partial charge in [0.25, 0.3) is 10.1 Å². The van der Waals surface area contributed by atoms with Gasteiger partial charge in [0.2, 0.25) is 0 Å². The zero-order valence-electron chi connectivity index (χ0n) is 12.7. The van der Waals surface area contributed by atoms with Crippen LogP contribution in [0.5, 0.6) is 5.75 Å². The Morgan fingerprint density at radius 1 is 0.917 bits per heavy atom. The molecule has 11 heteroatoms. The van der Waals surface area contributed by atoms with E-state index in [1.807, 2.05) is 0 Å². The highest BCUT2D eigenvalue weighted by Crippen LogP contribution is 2.21. The van der Waals surface area contributed by atoms with E-state index in [9.17, 15) is 13.2 Å². The van der Waals surface area contributed by atoms with Crippen molar-refractivity contribution in [3.8, 4) is 5.75 Å². The first-order chi connectivity index (χ1) is 11.2. The van der Waals surface area contributed by atoms with Crippen molar-refractivity contribution < 1.29 is 28.0 Å². The summed E-state index contributed by atoms with van der Waals surface area (Å²) in [6.45, 7) is 7.12. The van der Waals surface area contributed by atoms with Crippen LogP contribution in [0.25, 0.3) is 0 Å². The number of carboxylic acids is 1. The van der Waals surface area contributed by atoms with Gasteiger partial charge in [0.15, 0.2) is 0 Å². The van der Waals surface area contributed by atoms with E-state index in [1.165, 1.54) is 40.0 Å². The number of phenols is 1. The number of nitrogens with zero attached hydrogens (tertiary/aromatic N) is 4. The molecule has 0 radical (unpaired) electrons. The van der Waals surface area contributed by atoms with Crippen LogP contribution in [-0.2, 0) is 10.1 Å². The molecule has 132 valence electrons. The van der Waals surface area contributed by atoms with Crippen LogP contribution in [0.1, 0.15) is 10.4 Å². The largest absolute Gasteiger partial charge is 0.507 e. The van der Waals surface area contributed by atoms with Gasteiger partial charge in [0.05, 0.1) is 44.9 Å². The van der Waals surface area contributed by atoms with Gasteiger partial charge in [-0.25, -0.2) is 4.79 Å². The van der Waals surface area contributed by atoms with Crippen molar-refractivity contribution in [2.45, 2.75) is 4.90 Å².